The summed E-state index contributed by atoms with van der Waals surface area (Å²) in [6.07, 6.45) is 1.53. The van der Waals surface area contributed by atoms with Gasteiger partial charge in [-0.2, -0.15) is 0 Å². The minimum Gasteiger partial charge on any atom is -0.481 e. The van der Waals surface area contributed by atoms with Crippen molar-refractivity contribution in [2.75, 3.05) is 0 Å². The van der Waals surface area contributed by atoms with Crippen LogP contribution in [0.15, 0.2) is 12.2 Å². The monoisotopic (exact) mass is 170 g/mol. The molecule has 0 aliphatic carbocycles. The zero-order valence-corrected chi connectivity index (χ0v) is 8.13. The van der Waals surface area contributed by atoms with Crippen LogP contribution in [-0.4, -0.2) is 11.1 Å². The maximum absolute atomic E-state index is 10.5. The van der Waals surface area contributed by atoms with Crippen LogP contribution in [-0.2, 0) is 4.79 Å². The Hall–Kier alpha value is -0.790. The lowest BCUT2D eigenvalue weighted by atomic mass is 9.96. The molecule has 0 amide bonds. The zero-order valence-electron chi connectivity index (χ0n) is 8.13. The molecule has 0 bridgehead atoms. The maximum atomic E-state index is 10.5. The van der Waals surface area contributed by atoms with Crippen molar-refractivity contribution >= 4 is 5.97 Å². The highest BCUT2D eigenvalue weighted by Gasteiger charge is 2.11. The Kier molecular flexibility index (Phi) is 4.64. The van der Waals surface area contributed by atoms with Gasteiger partial charge < -0.3 is 5.11 Å². The summed E-state index contributed by atoms with van der Waals surface area (Å²) in [6, 6.07) is 0. The third-order valence-corrected chi connectivity index (χ3v) is 2.14. The quantitative estimate of drug-likeness (QED) is 0.644. The molecule has 0 aromatic carbocycles. The van der Waals surface area contributed by atoms with E-state index in [1.54, 1.807) is 6.92 Å². The minimum atomic E-state index is -0.716. The topological polar surface area (TPSA) is 37.3 Å². The first kappa shape index (κ1) is 11.2. The molecule has 0 saturated heterocycles. The van der Waals surface area contributed by atoms with Gasteiger partial charge in [-0.05, 0) is 18.8 Å². The summed E-state index contributed by atoms with van der Waals surface area (Å²) in [5, 5.41) is 8.60. The molecule has 0 aromatic rings. The van der Waals surface area contributed by atoms with Crippen LogP contribution in [0.4, 0.5) is 0 Å². The molecule has 70 valence electrons. The molecule has 0 spiro atoms. The lowest BCUT2D eigenvalue weighted by Crippen LogP contribution is -2.09. The molecule has 0 saturated carbocycles. The number of hydrogen-bond donors (Lipinski definition) is 1. The maximum Gasteiger partial charge on any atom is 0.306 e. The second-order valence-corrected chi connectivity index (χ2v) is 3.59. The van der Waals surface area contributed by atoms with E-state index in [-0.39, 0.29) is 5.92 Å². The summed E-state index contributed by atoms with van der Waals surface area (Å²) in [7, 11) is 0. The Morgan fingerprint density at radius 2 is 1.92 bits per heavy atom. The van der Waals surface area contributed by atoms with E-state index in [2.05, 4.69) is 20.4 Å². The molecule has 1 N–H and O–H groups in total. The molecular weight excluding hydrogens is 152 g/mol. The van der Waals surface area contributed by atoms with Crippen LogP contribution in [0.25, 0.3) is 0 Å². The van der Waals surface area contributed by atoms with Gasteiger partial charge in [-0.1, -0.05) is 32.9 Å². The van der Waals surface area contributed by atoms with Gasteiger partial charge in [-0.15, -0.1) is 0 Å². The molecule has 0 fully saturated rings. The van der Waals surface area contributed by atoms with Crippen LogP contribution in [0.5, 0.6) is 0 Å². The average Bonchev–Trinajstić information content (AvgIpc) is 1.98. The van der Waals surface area contributed by atoms with Crippen molar-refractivity contribution in [2.45, 2.75) is 33.6 Å². The van der Waals surface area contributed by atoms with Crippen LogP contribution in [0.3, 0.4) is 0 Å². The van der Waals surface area contributed by atoms with Gasteiger partial charge in [0.2, 0.25) is 0 Å². The minimum absolute atomic E-state index is 0.250. The lowest BCUT2D eigenvalue weighted by molar-refractivity contribution is -0.141. The predicted octanol–water partition coefficient (Wildman–Crippen LogP) is 2.70. The molecule has 0 aromatic heterocycles. The molecule has 0 radical (unpaired) electrons. The van der Waals surface area contributed by atoms with E-state index in [0.717, 1.165) is 12.0 Å². The van der Waals surface area contributed by atoms with E-state index >= 15 is 0 Å². The Balaban J connectivity index is 3.69. The number of allylic oxidation sites excluding steroid dienone is 1. The molecule has 0 aliphatic rings. The van der Waals surface area contributed by atoms with E-state index in [1.807, 2.05) is 0 Å². The van der Waals surface area contributed by atoms with Crippen molar-refractivity contribution in [3.05, 3.63) is 12.2 Å². The Labute approximate surface area is 74.3 Å². The van der Waals surface area contributed by atoms with E-state index in [1.165, 1.54) is 0 Å². The summed E-state index contributed by atoms with van der Waals surface area (Å²) in [4.78, 5) is 10.5. The van der Waals surface area contributed by atoms with Crippen LogP contribution < -0.4 is 0 Å². The first-order valence-corrected chi connectivity index (χ1v) is 4.35. The van der Waals surface area contributed by atoms with Gasteiger partial charge in [0.15, 0.2) is 0 Å². The van der Waals surface area contributed by atoms with Gasteiger partial charge in [0.25, 0.3) is 0 Å². The fourth-order valence-electron chi connectivity index (χ4n) is 0.814. The normalized spacial score (nSPS) is 13.0. The highest BCUT2D eigenvalue weighted by atomic mass is 16.4. The number of carbonyl (C=O) groups is 1. The van der Waals surface area contributed by atoms with Gasteiger partial charge in [-0.3, -0.25) is 4.79 Å². The number of hydrogen-bond acceptors (Lipinski definition) is 1. The van der Waals surface area contributed by atoms with Crippen molar-refractivity contribution in [3.63, 3.8) is 0 Å². The molecule has 0 rings (SSSR count). The van der Waals surface area contributed by atoms with Crippen LogP contribution in [0.2, 0.25) is 0 Å². The van der Waals surface area contributed by atoms with Gasteiger partial charge in [0.1, 0.15) is 0 Å². The molecule has 0 aliphatic heterocycles. The van der Waals surface area contributed by atoms with Crippen molar-refractivity contribution in [3.8, 4) is 0 Å². The van der Waals surface area contributed by atoms with Crippen LogP contribution in [0.1, 0.15) is 33.6 Å². The van der Waals surface area contributed by atoms with E-state index in [9.17, 15) is 4.79 Å². The summed E-state index contributed by atoms with van der Waals surface area (Å²) in [5.74, 6) is -0.502. The second kappa shape index (κ2) is 4.96. The third-order valence-electron chi connectivity index (χ3n) is 2.14. The second-order valence-electron chi connectivity index (χ2n) is 3.59. The lowest BCUT2D eigenvalue weighted by Gasteiger charge is -2.10. The molecular formula is C10H18O2. The van der Waals surface area contributed by atoms with Crippen molar-refractivity contribution in [1.82, 2.24) is 0 Å². The number of rotatable bonds is 5. The van der Waals surface area contributed by atoms with Crippen molar-refractivity contribution < 1.29 is 9.90 Å². The predicted molar refractivity (Wildman–Crippen MR) is 50.0 cm³/mol. The Bertz CT molecular complexity index is 171. The Morgan fingerprint density at radius 3 is 2.25 bits per heavy atom. The number of carboxylic acid groups (broad SMARTS) is 1. The van der Waals surface area contributed by atoms with E-state index in [0.29, 0.717) is 12.3 Å². The van der Waals surface area contributed by atoms with E-state index in [4.69, 9.17) is 5.11 Å². The van der Waals surface area contributed by atoms with Gasteiger partial charge >= 0.3 is 5.97 Å². The first-order valence-electron chi connectivity index (χ1n) is 4.35. The largest absolute Gasteiger partial charge is 0.481 e. The molecule has 2 heteroatoms. The average molecular weight is 170 g/mol. The number of aliphatic carboxylic acids is 1. The fourth-order valence-corrected chi connectivity index (χ4v) is 0.814. The van der Waals surface area contributed by atoms with Gasteiger partial charge in [0, 0.05) is 0 Å². The highest BCUT2D eigenvalue weighted by molar-refractivity contribution is 5.69. The van der Waals surface area contributed by atoms with E-state index < -0.39 is 5.97 Å². The van der Waals surface area contributed by atoms with Crippen molar-refractivity contribution in [1.29, 1.82) is 0 Å². The molecule has 2 nitrogen and oxygen atoms in total. The summed E-state index contributed by atoms with van der Waals surface area (Å²) < 4.78 is 0. The fraction of sp³-hybridized carbons (Fsp3) is 0.700. The smallest absolute Gasteiger partial charge is 0.306 e. The van der Waals surface area contributed by atoms with Crippen LogP contribution in [0, 0.1) is 11.8 Å². The Morgan fingerprint density at radius 1 is 1.42 bits per heavy atom. The van der Waals surface area contributed by atoms with Crippen molar-refractivity contribution in [2.24, 2.45) is 11.8 Å². The van der Waals surface area contributed by atoms with Gasteiger partial charge in [0.05, 0.1) is 5.92 Å². The van der Waals surface area contributed by atoms with Gasteiger partial charge in [-0.25, -0.2) is 0 Å². The number of carboxylic acids is 1. The SMILES string of the molecule is C=C(CC[C@H](C)C(=O)O)C(C)C. The standard InChI is InChI=1S/C10H18O2/c1-7(2)8(3)5-6-9(4)10(11)12/h7,9H,3,5-6H2,1-2,4H3,(H,11,12)/t9-/m0/s1. The molecule has 1 atom stereocenters. The highest BCUT2D eigenvalue weighted by Crippen LogP contribution is 2.16. The van der Waals surface area contributed by atoms with Crippen LogP contribution >= 0.6 is 0 Å². The third kappa shape index (κ3) is 4.16. The zero-order chi connectivity index (χ0) is 9.72. The molecule has 0 heterocycles. The summed E-state index contributed by atoms with van der Waals surface area (Å²) in [6.45, 7) is 9.78. The summed E-state index contributed by atoms with van der Waals surface area (Å²) >= 11 is 0. The molecule has 12 heavy (non-hydrogen) atoms. The summed E-state index contributed by atoms with van der Waals surface area (Å²) in [5.41, 5.74) is 1.14. The first-order chi connectivity index (χ1) is 5.45. The molecule has 0 unspecified atom stereocenters.